The molecule has 3 rings (SSSR count). The standard InChI is InChI=1S/C12H12Br2O2/c1-5-3-7-9(13)12-8(4-6(2)16-12)10(14)11(7)15-5/h5-6H,3-4H2,1-2H3. The van der Waals surface area contributed by atoms with Gasteiger partial charge in [-0.15, -0.1) is 0 Å². The number of halogens is 2. The van der Waals surface area contributed by atoms with E-state index in [0.29, 0.717) is 0 Å². The van der Waals surface area contributed by atoms with Crippen molar-refractivity contribution in [2.75, 3.05) is 0 Å². The summed E-state index contributed by atoms with van der Waals surface area (Å²) < 4.78 is 13.8. The summed E-state index contributed by atoms with van der Waals surface area (Å²) in [5, 5.41) is 0. The Morgan fingerprint density at radius 3 is 1.62 bits per heavy atom. The lowest BCUT2D eigenvalue weighted by atomic mass is 10.0. The third-order valence-electron chi connectivity index (χ3n) is 3.10. The Labute approximate surface area is 112 Å². The molecule has 1 aromatic rings. The van der Waals surface area contributed by atoms with Crippen LogP contribution in [0.25, 0.3) is 0 Å². The van der Waals surface area contributed by atoms with Crippen LogP contribution >= 0.6 is 31.9 Å². The Balaban J connectivity index is 2.22. The van der Waals surface area contributed by atoms with E-state index in [-0.39, 0.29) is 12.2 Å². The smallest absolute Gasteiger partial charge is 0.138 e. The number of hydrogen-bond donors (Lipinski definition) is 0. The molecule has 16 heavy (non-hydrogen) atoms. The highest BCUT2D eigenvalue weighted by molar-refractivity contribution is 9.11. The molecule has 0 spiro atoms. The molecule has 2 heterocycles. The minimum Gasteiger partial charge on any atom is -0.489 e. The van der Waals surface area contributed by atoms with Crippen LogP contribution in [-0.4, -0.2) is 12.2 Å². The zero-order chi connectivity index (χ0) is 11.4. The first-order valence-electron chi connectivity index (χ1n) is 5.44. The van der Waals surface area contributed by atoms with Gasteiger partial charge in [-0.05, 0) is 45.7 Å². The lowest BCUT2D eigenvalue weighted by Gasteiger charge is -2.10. The van der Waals surface area contributed by atoms with Gasteiger partial charge in [-0.1, -0.05) is 0 Å². The van der Waals surface area contributed by atoms with E-state index in [0.717, 1.165) is 33.3 Å². The first-order chi connectivity index (χ1) is 7.58. The van der Waals surface area contributed by atoms with Crippen molar-refractivity contribution < 1.29 is 9.47 Å². The third-order valence-corrected chi connectivity index (χ3v) is 4.78. The fourth-order valence-electron chi connectivity index (χ4n) is 2.41. The van der Waals surface area contributed by atoms with Crippen molar-refractivity contribution in [2.24, 2.45) is 0 Å². The number of fused-ring (bicyclic) bond motifs is 2. The Kier molecular flexibility index (Phi) is 2.48. The first kappa shape index (κ1) is 10.9. The Morgan fingerprint density at radius 1 is 0.875 bits per heavy atom. The van der Waals surface area contributed by atoms with E-state index in [2.05, 4.69) is 45.7 Å². The highest BCUT2D eigenvalue weighted by Crippen LogP contribution is 2.51. The quantitative estimate of drug-likeness (QED) is 0.709. The van der Waals surface area contributed by atoms with E-state index in [9.17, 15) is 0 Å². The maximum Gasteiger partial charge on any atom is 0.138 e. The molecule has 2 aliphatic rings. The molecule has 4 heteroatoms. The summed E-state index contributed by atoms with van der Waals surface area (Å²) in [5.41, 5.74) is 2.46. The van der Waals surface area contributed by atoms with Crippen LogP contribution in [0, 0.1) is 0 Å². The van der Waals surface area contributed by atoms with Crippen LogP contribution in [0.3, 0.4) is 0 Å². The molecule has 2 unspecified atom stereocenters. The molecule has 1 aromatic carbocycles. The van der Waals surface area contributed by atoms with Crippen molar-refractivity contribution >= 4 is 31.9 Å². The van der Waals surface area contributed by atoms with Gasteiger partial charge in [-0.2, -0.15) is 0 Å². The van der Waals surface area contributed by atoms with Gasteiger partial charge in [0.1, 0.15) is 23.7 Å². The molecular formula is C12H12Br2O2. The average molecular weight is 348 g/mol. The van der Waals surface area contributed by atoms with Crippen LogP contribution in [-0.2, 0) is 12.8 Å². The van der Waals surface area contributed by atoms with Crippen LogP contribution in [0.5, 0.6) is 11.5 Å². The average Bonchev–Trinajstić information content (AvgIpc) is 2.78. The molecule has 0 saturated heterocycles. The SMILES string of the molecule is CC1Cc2c(Br)c3c(c(Br)c2O1)CC(C)O3. The van der Waals surface area contributed by atoms with Crippen molar-refractivity contribution in [3.05, 3.63) is 20.1 Å². The van der Waals surface area contributed by atoms with Gasteiger partial charge in [0.15, 0.2) is 0 Å². The fraction of sp³-hybridized carbons (Fsp3) is 0.500. The lowest BCUT2D eigenvalue weighted by Crippen LogP contribution is -2.07. The fourth-order valence-corrected chi connectivity index (χ4v) is 3.76. The van der Waals surface area contributed by atoms with Crippen molar-refractivity contribution in [1.29, 1.82) is 0 Å². The number of hydrogen-bond acceptors (Lipinski definition) is 2. The Morgan fingerprint density at radius 2 is 1.25 bits per heavy atom. The summed E-state index contributed by atoms with van der Waals surface area (Å²) in [6.07, 6.45) is 2.39. The van der Waals surface area contributed by atoms with Gasteiger partial charge in [-0.3, -0.25) is 0 Å². The zero-order valence-corrected chi connectivity index (χ0v) is 12.3. The van der Waals surface area contributed by atoms with Gasteiger partial charge in [-0.25, -0.2) is 0 Å². The van der Waals surface area contributed by atoms with Crippen molar-refractivity contribution in [1.82, 2.24) is 0 Å². The number of benzene rings is 1. The molecule has 2 aliphatic heterocycles. The van der Waals surface area contributed by atoms with Gasteiger partial charge in [0, 0.05) is 24.0 Å². The predicted octanol–water partition coefficient (Wildman–Crippen LogP) is 3.86. The second-order valence-electron chi connectivity index (χ2n) is 4.51. The normalized spacial score (nSPS) is 26.0. The molecule has 0 amide bonds. The maximum absolute atomic E-state index is 5.85. The molecule has 0 aromatic heterocycles. The molecule has 0 aliphatic carbocycles. The van der Waals surface area contributed by atoms with E-state index in [1.54, 1.807) is 0 Å². The van der Waals surface area contributed by atoms with Gasteiger partial charge in [0.05, 0.1) is 8.95 Å². The van der Waals surface area contributed by atoms with Crippen LogP contribution < -0.4 is 9.47 Å². The van der Waals surface area contributed by atoms with Gasteiger partial charge in [0.25, 0.3) is 0 Å². The van der Waals surface area contributed by atoms with Crippen LogP contribution in [0.4, 0.5) is 0 Å². The Hall–Kier alpha value is -0.220. The van der Waals surface area contributed by atoms with Crippen LogP contribution in [0.1, 0.15) is 25.0 Å². The molecular weight excluding hydrogens is 336 g/mol. The van der Waals surface area contributed by atoms with E-state index in [1.165, 1.54) is 11.1 Å². The number of ether oxygens (including phenoxy) is 2. The largest absolute Gasteiger partial charge is 0.489 e. The van der Waals surface area contributed by atoms with Crippen molar-refractivity contribution in [3.63, 3.8) is 0 Å². The highest BCUT2D eigenvalue weighted by atomic mass is 79.9. The van der Waals surface area contributed by atoms with E-state index < -0.39 is 0 Å². The summed E-state index contributed by atoms with van der Waals surface area (Å²) in [6.45, 7) is 4.18. The molecule has 2 atom stereocenters. The van der Waals surface area contributed by atoms with Crippen LogP contribution in [0.15, 0.2) is 8.95 Å². The summed E-state index contributed by atoms with van der Waals surface area (Å²) in [4.78, 5) is 0. The lowest BCUT2D eigenvalue weighted by molar-refractivity contribution is 0.252. The van der Waals surface area contributed by atoms with E-state index in [4.69, 9.17) is 9.47 Å². The molecule has 0 N–H and O–H groups in total. The Bertz CT molecular complexity index is 391. The minimum atomic E-state index is 0.252. The first-order valence-corrected chi connectivity index (χ1v) is 7.02. The van der Waals surface area contributed by atoms with E-state index >= 15 is 0 Å². The van der Waals surface area contributed by atoms with Crippen molar-refractivity contribution in [3.8, 4) is 11.5 Å². The van der Waals surface area contributed by atoms with E-state index in [1.807, 2.05) is 0 Å². The molecule has 0 fully saturated rings. The highest BCUT2D eigenvalue weighted by Gasteiger charge is 2.33. The summed E-state index contributed by atoms with van der Waals surface area (Å²) in [7, 11) is 0. The molecule has 86 valence electrons. The maximum atomic E-state index is 5.85. The topological polar surface area (TPSA) is 18.5 Å². The van der Waals surface area contributed by atoms with Gasteiger partial charge < -0.3 is 9.47 Å². The molecule has 0 bridgehead atoms. The third kappa shape index (κ3) is 1.42. The monoisotopic (exact) mass is 346 g/mol. The zero-order valence-electron chi connectivity index (χ0n) is 9.14. The van der Waals surface area contributed by atoms with Gasteiger partial charge >= 0.3 is 0 Å². The second-order valence-corrected chi connectivity index (χ2v) is 6.09. The summed E-state index contributed by atoms with van der Waals surface area (Å²) >= 11 is 7.29. The molecule has 2 nitrogen and oxygen atoms in total. The summed E-state index contributed by atoms with van der Waals surface area (Å²) in [6, 6.07) is 0. The van der Waals surface area contributed by atoms with Gasteiger partial charge in [0.2, 0.25) is 0 Å². The predicted molar refractivity (Wildman–Crippen MR) is 69.4 cm³/mol. The minimum absolute atomic E-state index is 0.252. The number of rotatable bonds is 0. The summed E-state index contributed by atoms with van der Waals surface area (Å²) in [5.74, 6) is 1.99. The molecule has 0 saturated carbocycles. The molecule has 0 radical (unpaired) electrons. The second kappa shape index (κ2) is 3.64. The van der Waals surface area contributed by atoms with Crippen LogP contribution in [0.2, 0.25) is 0 Å². The van der Waals surface area contributed by atoms with Crippen molar-refractivity contribution in [2.45, 2.75) is 38.9 Å².